The molecule has 0 bridgehead atoms. The zero-order chi connectivity index (χ0) is 21.3. The molecule has 0 unspecified atom stereocenters. The van der Waals surface area contributed by atoms with Crippen molar-refractivity contribution in [1.29, 1.82) is 0 Å². The lowest BCUT2D eigenvalue weighted by atomic mass is 10.1. The minimum Gasteiger partial charge on any atom is -0.319 e. The fraction of sp³-hybridized carbons (Fsp3) is 0.0870. The van der Waals surface area contributed by atoms with E-state index >= 15 is 0 Å². The number of amides is 1. The molecule has 1 amide bonds. The lowest BCUT2D eigenvalue weighted by Crippen LogP contribution is -2.16. The fourth-order valence-electron chi connectivity index (χ4n) is 3.14. The first-order valence-corrected chi connectivity index (χ1v) is 10.0. The molecule has 30 heavy (non-hydrogen) atoms. The Morgan fingerprint density at radius 2 is 1.43 bits per heavy atom. The van der Waals surface area contributed by atoms with Gasteiger partial charge in [-0.1, -0.05) is 41.4 Å². The molecule has 0 radical (unpaired) electrons. The lowest BCUT2D eigenvalue weighted by Gasteiger charge is -2.09. The normalized spacial score (nSPS) is 10.8. The Morgan fingerprint density at radius 3 is 2.03 bits per heavy atom. The number of carbonyl (C=O) groups excluding carboxylic acids is 1. The number of aryl methyl sites for hydroxylation is 2. The number of nitrogens with zero attached hydrogens (tertiary/aromatic N) is 3. The number of halogens is 2. The van der Waals surface area contributed by atoms with Crippen LogP contribution in [0.2, 0.25) is 10.0 Å². The van der Waals surface area contributed by atoms with Crippen LogP contribution in [0.5, 0.6) is 0 Å². The molecule has 0 aliphatic rings. The minimum atomic E-state index is -0.379. The van der Waals surface area contributed by atoms with Gasteiger partial charge < -0.3 is 5.32 Å². The predicted octanol–water partition coefficient (Wildman–Crippen LogP) is 6.11. The zero-order valence-corrected chi connectivity index (χ0v) is 17.9. The Hall–Kier alpha value is -3.15. The van der Waals surface area contributed by atoms with Crippen LogP contribution in [0.25, 0.3) is 17.1 Å². The third-order valence-corrected chi connectivity index (χ3v) is 5.21. The maximum Gasteiger partial charge on any atom is 0.295 e. The molecule has 1 heterocycles. The summed E-state index contributed by atoms with van der Waals surface area (Å²) in [5, 5.41) is 8.64. The summed E-state index contributed by atoms with van der Waals surface area (Å²) >= 11 is 12.1. The summed E-state index contributed by atoms with van der Waals surface area (Å²) in [6.07, 6.45) is 0. The number of nitrogens with one attached hydrogen (secondary N) is 1. The third kappa shape index (κ3) is 4.08. The van der Waals surface area contributed by atoms with E-state index in [4.69, 9.17) is 23.2 Å². The third-order valence-electron chi connectivity index (χ3n) is 4.70. The van der Waals surface area contributed by atoms with Gasteiger partial charge in [0, 0.05) is 21.3 Å². The van der Waals surface area contributed by atoms with E-state index in [0.29, 0.717) is 15.9 Å². The first-order valence-electron chi connectivity index (χ1n) is 9.29. The van der Waals surface area contributed by atoms with Crippen molar-refractivity contribution >= 4 is 34.8 Å². The van der Waals surface area contributed by atoms with Gasteiger partial charge in [-0.3, -0.25) is 4.79 Å². The second-order valence-electron chi connectivity index (χ2n) is 6.88. The molecule has 0 aliphatic heterocycles. The van der Waals surface area contributed by atoms with Gasteiger partial charge in [-0.05, 0) is 73.5 Å². The van der Waals surface area contributed by atoms with Crippen molar-refractivity contribution < 1.29 is 4.79 Å². The maximum atomic E-state index is 13.0. The van der Waals surface area contributed by atoms with Crippen LogP contribution in [-0.2, 0) is 0 Å². The SMILES string of the molecule is Cc1cccc(C)c1NC(=O)c1nc(-c2ccc(Cl)cc2)n(-c2ccc(Cl)cc2)n1. The van der Waals surface area contributed by atoms with Crippen molar-refractivity contribution in [2.75, 3.05) is 5.32 Å². The molecule has 4 rings (SSSR count). The largest absolute Gasteiger partial charge is 0.319 e. The van der Waals surface area contributed by atoms with Crippen LogP contribution in [0.1, 0.15) is 21.7 Å². The fourth-order valence-corrected chi connectivity index (χ4v) is 3.39. The molecule has 0 aliphatic carbocycles. The van der Waals surface area contributed by atoms with E-state index in [1.54, 1.807) is 28.9 Å². The highest BCUT2D eigenvalue weighted by Gasteiger charge is 2.20. The van der Waals surface area contributed by atoms with Gasteiger partial charge in [-0.2, -0.15) is 0 Å². The van der Waals surface area contributed by atoms with E-state index in [-0.39, 0.29) is 11.7 Å². The summed E-state index contributed by atoms with van der Waals surface area (Å²) < 4.78 is 1.62. The molecule has 7 heteroatoms. The van der Waals surface area contributed by atoms with Crippen LogP contribution in [0.3, 0.4) is 0 Å². The number of anilines is 1. The number of carbonyl (C=O) groups is 1. The van der Waals surface area contributed by atoms with E-state index in [9.17, 15) is 4.79 Å². The van der Waals surface area contributed by atoms with Gasteiger partial charge in [-0.25, -0.2) is 9.67 Å². The van der Waals surface area contributed by atoms with Crippen molar-refractivity contribution in [2.45, 2.75) is 13.8 Å². The quantitative estimate of drug-likeness (QED) is 0.419. The topological polar surface area (TPSA) is 59.8 Å². The highest BCUT2D eigenvalue weighted by molar-refractivity contribution is 6.30. The van der Waals surface area contributed by atoms with Gasteiger partial charge >= 0.3 is 0 Å². The number of hydrogen-bond donors (Lipinski definition) is 1. The van der Waals surface area contributed by atoms with Crippen LogP contribution in [0, 0.1) is 13.8 Å². The Bertz CT molecular complexity index is 1130. The van der Waals surface area contributed by atoms with Crippen LogP contribution in [0.15, 0.2) is 66.7 Å². The van der Waals surface area contributed by atoms with Crippen molar-refractivity contribution in [1.82, 2.24) is 14.8 Å². The van der Waals surface area contributed by atoms with Crippen molar-refractivity contribution in [3.63, 3.8) is 0 Å². The van der Waals surface area contributed by atoms with Crippen LogP contribution < -0.4 is 5.32 Å². The Labute approximate surface area is 184 Å². The molecule has 0 atom stereocenters. The Balaban J connectivity index is 1.77. The van der Waals surface area contributed by atoms with Gasteiger partial charge in [0.1, 0.15) is 0 Å². The summed E-state index contributed by atoms with van der Waals surface area (Å²) in [4.78, 5) is 17.5. The summed E-state index contributed by atoms with van der Waals surface area (Å²) in [6.45, 7) is 3.89. The van der Waals surface area contributed by atoms with Gasteiger partial charge in [0.05, 0.1) is 5.69 Å². The van der Waals surface area contributed by atoms with E-state index < -0.39 is 0 Å². The summed E-state index contributed by atoms with van der Waals surface area (Å²) in [5.41, 5.74) is 4.23. The number of rotatable bonds is 4. The van der Waals surface area contributed by atoms with Crippen LogP contribution in [-0.4, -0.2) is 20.7 Å². The van der Waals surface area contributed by atoms with Gasteiger partial charge in [0.2, 0.25) is 5.82 Å². The van der Waals surface area contributed by atoms with Gasteiger partial charge in [0.15, 0.2) is 5.82 Å². The van der Waals surface area contributed by atoms with Crippen molar-refractivity contribution in [2.24, 2.45) is 0 Å². The first-order chi connectivity index (χ1) is 14.4. The van der Waals surface area contributed by atoms with Gasteiger partial charge in [-0.15, -0.1) is 5.10 Å². The van der Waals surface area contributed by atoms with Crippen LogP contribution in [0.4, 0.5) is 5.69 Å². The first kappa shape index (κ1) is 20.1. The second kappa shape index (κ2) is 8.30. The van der Waals surface area contributed by atoms with Crippen molar-refractivity contribution in [3.05, 3.63) is 93.7 Å². The molecule has 3 aromatic carbocycles. The highest BCUT2D eigenvalue weighted by atomic mass is 35.5. The standard InChI is InChI=1S/C23H18Cl2N4O/c1-14-4-3-5-15(2)20(14)26-23(30)21-27-22(16-6-8-17(24)9-7-16)29(28-21)19-12-10-18(25)11-13-19/h3-13H,1-2H3,(H,26,30). The second-order valence-corrected chi connectivity index (χ2v) is 7.75. The van der Waals surface area contributed by atoms with Crippen molar-refractivity contribution in [3.8, 4) is 17.1 Å². The smallest absolute Gasteiger partial charge is 0.295 e. The number of benzene rings is 3. The molecule has 1 N–H and O–H groups in total. The molecule has 5 nitrogen and oxygen atoms in total. The Morgan fingerprint density at radius 1 is 0.867 bits per heavy atom. The Kier molecular flexibility index (Phi) is 5.57. The average Bonchev–Trinajstić information content (AvgIpc) is 3.17. The summed E-state index contributed by atoms with van der Waals surface area (Å²) in [7, 11) is 0. The molecule has 150 valence electrons. The lowest BCUT2D eigenvalue weighted by molar-refractivity contribution is 0.101. The molecule has 4 aromatic rings. The van der Waals surface area contributed by atoms with E-state index in [0.717, 1.165) is 28.1 Å². The summed E-state index contributed by atoms with van der Waals surface area (Å²) in [6, 6.07) is 20.2. The molecular weight excluding hydrogens is 419 g/mol. The monoisotopic (exact) mass is 436 g/mol. The van der Waals surface area contributed by atoms with Crippen LogP contribution >= 0.6 is 23.2 Å². The number of aromatic nitrogens is 3. The van der Waals surface area contributed by atoms with E-state index in [2.05, 4.69) is 15.4 Å². The molecular formula is C23H18Cl2N4O. The summed E-state index contributed by atoms with van der Waals surface area (Å²) in [5.74, 6) is 0.216. The molecule has 0 fully saturated rings. The molecule has 0 saturated heterocycles. The average molecular weight is 437 g/mol. The maximum absolute atomic E-state index is 13.0. The number of hydrogen-bond acceptors (Lipinski definition) is 3. The molecule has 0 saturated carbocycles. The van der Waals surface area contributed by atoms with E-state index in [1.165, 1.54) is 0 Å². The minimum absolute atomic E-state index is 0.0672. The molecule has 0 spiro atoms. The predicted molar refractivity (Wildman–Crippen MR) is 121 cm³/mol. The molecule has 1 aromatic heterocycles. The highest BCUT2D eigenvalue weighted by Crippen LogP contribution is 2.25. The van der Waals surface area contributed by atoms with Gasteiger partial charge in [0.25, 0.3) is 5.91 Å². The zero-order valence-electron chi connectivity index (χ0n) is 16.4. The van der Waals surface area contributed by atoms with E-state index in [1.807, 2.05) is 56.3 Å². The number of para-hydroxylation sites is 1.